The van der Waals surface area contributed by atoms with Gasteiger partial charge in [-0.15, -0.1) is 6.58 Å². The number of aliphatic hydroxyl groups is 1. The van der Waals surface area contributed by atoms with E-state index in [-0.39, 0.29) is 38.9 Å². The van der Waals surface area contributed by atoms with Crippen LogP contribution in [0.1, 0.15) is 45.2 Å². The Balaban J connectivity index is 0.00000128. The number of hydrogen-bond donors (Lipinski definition) is 2. The Bertz CT molecular complexity index is 798. The maximum atomic E-state index is 12.2. The lowest BCUT2D eigenvalue weighted by Crippen LogP contribution is -2.77. The van der Waals surface area contributed by atoms with Crippen LogP contribution in [0.15, 0.2) is 24.8 Å². The SMILES string of the molecule is C.C.C=CCN1CC[C@]23c4c5ccc(O)c4O[C@H]2[C@@H](OCCOC)CC[C@@]3(O)C1C5. The molecule has 6 heteroatoms. The van der Waals surface area contributed by atoms with Gasteiger partial charge in [-0.1, -0.05) is 27.0 Å². The van der Waals surface area contributed by atoms with E-state index < -0.39 is 11.0 Å². The highest BCUT2D eigenvalue weighted by atomic mass is 16.6. The molecule has 2 aliphatic heterocycles. The summed E-state index contributed by atoms with van der Waals surface area (Å²) >= 11 is 0. The molecule has 1 unspecified atom stereocenters. The van der Waals surface area contributed by atoms with Crippen molar-refractivity contribution in [1.82, 2.24) is 4.90 Å². The Morgan fingerprint density at radius 1 is 1.30 bits per heavy atom. The van der Waals surface area contributed by atoms with E-state index in [1.807, 2.05) is 12.1 Å². The number of phenols is 1. The van der Waals surface area contributed by atoms with Crippen LogP contribution in [0, 0.1) is 0 Å². The number of benzene rings is 1. The molecule has 30 heavy (non-hydrogen) atoms. The number of ether oxygens (including phenoxy) is 3. The number of methoxy groups -OCH3 is 1. The standard InChI is InChI=1S/C22H29NO5.2CH4/c1-3-9-23-10-8-21-18-14-4-5-15(24)19(18)28-20(21)16(27-12-11-26-2)6-7-22(21,25)17(23)13-14;;/h3-5,16-17,20,24-25H,1,6-13H2,2H3;2*1H4/t16-,17?,20-,21-,22+;;/m0../s1. The van der Waals surface area contributed by atoms with E-state index in [2.05, 4.69) is 11.5 Å². The summed E-state index contributed by atoms with van der Waals surface area (Å²) in [5, 5.41) is 22.7. The predicted molar refractivity (Wildman–Crippen MR) is 117 cm³/mol. The first-order valence-corrected chi connectivity index (χ1v) is 10.3. The largest absolute Gasteiger partial charge is 0.504 e. The van der Waals surface area contributed by atoms with Crippen molar-refractivity contribution in [1.29, 1.82) is 0 Å². The topological polar surface area (TPSA) is 71.4 Å². The van der Waals surface area contributed by atoms with Gasteiger partial charge < -0.3 is 24.4 Å². The highest BCUT2D eigenvalue weighted by molar-refractivity contribution is 5.62. The summed E-state index contributed by atoms with van der Waals surface area (Å²) in [7, 11) is 1.66. The molecule has 5 rings (SSSR count). The predicted octanol–water partition coefficient (Wildman–Crippen LogP) is 3.04. The highest BCUT2D eigenvalue weighted by Gasteiger charge is 2.73. The van der Waals surface area contributed by atoms with Gasteiger partial charge in [0.1, 0.15) is 6.10 Å². The summed E-state index contributed by atoms with van der Waals surface area (Å²) in [6, 6.07) is 3.75. The lowest BCUT2D eigenvalue weighted by molar-refractivity contribution is -0.214. The van der Waals surface area contributed by atoms with Gasteiger partial charge in [0.15, 0.2) is 11.5 Å². The fraction of sp³-hybridized carbons (Fsp3) is 0.667. The summed E-state index contributed by atoms with van der Waals surface area (Å²) in [5.41, 5.74) is 0.768. The fourth-order valence-electron chi connectivity index (χ4n) is 6.42. The molecule has 1 aromatic rings. The summed E-state index contributed by atoms with van der Waals surface area (Å²) in [5.74, 6) is 0.714. The first kappa shape index (κ1) is 23.1. The molecule has 2 aliphatic carbocycles. The molecule has 4 aliphatic rings. The summed E-state index contributed by atoms with van der Waals surface area (Å²) in [6.07, 6.45) is 4.44. The number of piperidine rings is 1. The first-order valence-electron chi connectivity index (χ1n) is 10.3. The molecule has 1 saturated carbocycles. The van der Waals surface area contributed by atoms with Crippen LogP contribution in [-0.4, -0.2) is 72.4 Å². The second-order valence-electron chi connectivity index (χ2n) is 8.58. The molecule has 1 saturated heterocycles. The average Bonchev–Trinajstić information content (AvgIpc) is 3.03. The third kappa shape index (κ3) is 2.77. The molecule has 2 heterocycles. The second-order valence-corrected chi connectivity index (χ2v) is 8.58. The number of hydrogen-bond acceptors (Lipinski definition) is 6. The lowest BCUT2D eigenvalue weighted by atomic mass is 9.48. The third-order valence-corrected chi connectivity index (χ3v) is 7.50. The Morgan fingerprint density at radius 2 is 2.10 bits per heavy atom. The quantitative estimate of drug-likeness (QED) is 0.546. The van der Waals surface area contributed by atoms with Crippen molar-refractivity contribution in [2.24, 2.45) is 0 Å². The van der Waals surface area contributed by atoms with Crippen molar-refractivity contribution in [3.05, 3.63) is 35.9 Å². The maximum absolute atomic E-state index is 12.2. The van der Waals surface area contributed by atoms with Crippen molar-refractivity contribution < 1.29 is 24.4 Å². The van der Waals surface area contributed by atoms with Crippen LogP contribution in [-0.2, 0) is 21.3 Å². The van der Waals surface area contributed by atoms with Crippen LogP contribution in [0.25, 0.3) is 0 Å². The Kier molecular flexibility index (Phi) is 6.27. The van der Waals surface area contributed by atoms with Crippen LogP contribution < -0.4 is 4.74 Å². The zero-order chi connectivity index (χ0) is 19.5. The zero-order valence-corrected chi connectivity index (χ0v) is 16.4. The molecular formula is C24H37NO5. The molecular weight excluding hydrogens is 382 g/mol. The molecule has 168 valence electrons. The molecule has 6 nitrogen and oxygen atoms in total. The molecule has 2 N–H and O–H groups in total. The zero-order valence-electron chi connectivity index (χ0n) is 16.4. The van der Waals surface area contributed by atoms with Crippen molar-refractivity contribution in [3.63, 3.8) is 0 Å². The molecule has 0 amide bonds. The van der Waals surface area contributed by atoms with Gasteiger partial charge in [-0.2, -0.15) is 0 Å². The molecule has 1 spiro atoms. The van der Waals surface area contributed by atoms with E-state index in [1.54, 1.807) is 13.2 Å². The van der Waals surface area contributed by atoms with E-state index in [0.29, 0.717) is 25.4 Å². The second kappa shape index (κ2) is 8.15. The number of phenolic OH excluding ortho intramolecular Hbond substituents is 1. The molecule has 0 radical (unpaired) electrons. The van der Waals surface area contributed by atoms with Crippen molar-refractivity contribution in [2.75, 3.05) is 33.4 Å². The normalized spacial score (nSPS) is 35.5. The van der Waals surface area contributed by atoms with Gasteiger partial charge in [-0.3, -0.25) is 4.90 Å². The Hall–Kier alpha value is -1.60. The van der Waals surface area contributed by atoms with E-state index in [0.717, 1.165) is 37.9 Å². The molecule has 5 atom stereocenters. The monoisotopic (exact) mass is 419 g/mol. The number of aromatic hydroxyl groups is 1. The average molecular weight is 420 g/mol. The maximum Gasteiger partial charge on any atom is 0.165 e. The van der Waals surface area contributed by atoms with Crippen LogP contribution in [0.2, 0.25) is 0 Å². The van der Waals surface area contributed by atoms with Gasteiger partial charge >= 0.3 is 0 Å². The number of likely N-dealkylation sites (tertiary alicyclic amines) is 1. The number of nitrogens with zero attached hydrogens (tertiary/aromatic N) is 1. The van der Waals surface area contributed by atoms with Crippen LogP contribution in [0.4, 0.5) is 0 Å². The Labute approximate surface area is 180 Å². The van der Waals surface area contributed by atoms with Gasteiger partial charge in [-0.25, -0.2) is 0 Å². The van der Waals surface area contributed by atoms with Crippen molar-refractivity contribution in [2.45, 2.75) is 69.8 Å². The molecule has 1 aromatic carbocycles. The van der Waals surface area contributed by atoms with E-state index in [1.165, 1.54) is 5.56 Å². The van der Waals surface area contributed by atoms with Crippen molar-refractivity contribution >= 4 is 0 Å². The van der Waals surface area contributed by atoms with Gasteiger partial charge in [0.05, 0.1) is 30.3 Å². The summed E-state index contributed by atoms with van der Waals surface area (Å²) in [6.45, 7) is 6.57. The third-order valence-electron chi connectivity index (χ3n) is 7.50. The summed E-state index contributed by atoms with van der Waals surface area (Å²) < 4.78 is 17.7. The van der Waals surface area contributed by atoms with Gasteiger partial charge in [0.2, 0.25) is 0 Å². The number of rotatable bonds is 6. The van der Waals surface area contributed by atoms with E-state index in [4.69, 9.17) is 14.2 Å². The van der Waals surface area contributed by atoms with Crippen LogP contribution >= 0.6 is 0 Å². The minimum absolute atomic E-state index is 0. The van der Waals surface area contributed by atoms with Crippen LogP contribution in [0.5, 0.6) is 11.5 Å². The van der Waals surface area contributed by atoms with Crippen LogP contribution in [0.3, 0.4) is 0 Å². The summed E-state index contributed by atoms with van der Waals surface area (Å²) in [4.78, 5) is 2.36. The Morgan fingerprint density at radius 3 is 2.83 bits per heavy atom. The molecule has 0 aromatic heterocycles. The minimum atomic E-state index is -0.897. The lowest BCUT2D eigenvalue weighted by Gasteiger charge is -2.64. The van der Waals surface area contributed by atoms with Crippen molar-refractivity contribution in [3.8, 4) is 11.5 Å². The smallest absolute Gasteiger partial charge is 0.165 e. The minimum Gasteiger partial charge on any atom is -0.504 e. The van der Waals surface area contributed by atoms with Gasteiger partial charge in [-0.05, 0) is 43.9 Å². The molecule has 2 fully saturated rings. The van der Waals surface area contributed by atoms with Gasteiger partial charge in [0, 0.05) is 25.3 Å². The fourth-order valence-corrected chi connectivity index (χ4v) is 6.42. The highest BCUT2D eigenvalue weighted by Crippen LogP contribution is 2.65. The van der Waals surface area contributed by atoms with E-state index >= 15 is 0 Å². The molecule has 2 bridgehead atoms. The first-order chi connectivity index (χ1) is 13.6. The van der Waals surface area contributed by atoms with E-state index in [9.17, 15) is 10.2 Å². The van der Waals surface area contributed by atoms with Gasteiger partial charge in [0.25, 0.3) is 0 Å².